The monoisotopic (exact) mass is 472 g/mol. The third-order valence-electron chi connectivity index (χ3n) is 3.89. The summed E-state index contributed by atoms with van der Waals surface area (Å²) in [5.41, 5.74) is 0.845. The topological polar surface area (TPSA) is 102 Å². The SMILES string of the molecule is CN(C)CCCn1c(SCC(=O)Nc2nnc(C(F)(F)F)s2)nnc1-c1ccncc1. The molecule has 0 spiro atoms. The summed E-state index contributed by atoms with van der Waals surface area (Å²) < 4.78 is 39.8. The number of nitrogens with zero attached hydrogens (tertiary/aromatic N) is 7. The molecule has 1 amide bonds. The lowest BCUT2D eigenvalue weighted by Gasteiger charge is -2.13. The molecule has 166 valence electrons. The van der Waals surface area contributed by atoms with Gasteiger partial charge in [-0.2, -0.15) is 13.2 Å². The van der Waals surface area contributed by atoms with Gasteiger partial charge in [-0.1, -0.05) is 23.1 Å². The lowest BCUT2D eigenvalue weighted by molar-refractivity contribution is -0.138. The predicted molar refractivity (Wildman–Crippen MR) is 111 cm³/mol. The highest BCUT2D eigenvalue weighted by Gasteiger charge is 2.35. The molecule has 0 aromatic carbocycles. The molecule has 0 radical (unpaired) electrons. The van der Waals surface area contributed by atoms with E-state index in [9.17, 15) is 18.0 Å². The number of thioether (sulfide) groups is 1. The number of pyridine rings is 1. The molecule has 0 saturated heterocycles. The second-order valence-corrected chi connectivity index (χ2v) is 8.52. The van der Waals surface area contributed by atoms with E-state index < -0.39 is 17.1 Å². The van der Waals surface area contributed by atoms with Crippen LogP contribution >= 0.6 is 23.1 Å². The highest BCUT2D eigenvalue weighted by molar-refractivity contribution is 7.99. The smallest absolute Gasteiger partial charge is 0.309 e. The van der Waals surface area contributed by atoms with Gasteiger partial charge in [0.1, 0.15) is 0 Å². The van der Waals surface area contributed by atoms with Crippen LogP contribution in [0.2, 0.25) is 0 Å². The van der Waals surface area contributed by atoms with Gasteiger partial charge in [-0.15, -0.1) is 20.4 Å². The van der Waals surface area contributed by atoms with Crippen LogP contribution in [0, 0.1) is 0 Å². The van der Waals surface area contributed by atoms with Crippen LogP contribution in [-0.2, 0) is 17.5 Å². The van der Waals surface area contributed by atoms with Crippen LogP contribution in [0.5, 0.6) is 0 Å². The van der Waals surface area contributed by atoms with E-state index in [1.807, 2.05) is 30.8 Å². The number of rotatable bonds is 9. The third kappa shape index (κ3) is 6.45. The van der Waals surface area contributed by atoms with Crippen LogP contribution in [-0.4, -0.2) is 67.1 Å². The van der Waals surface area contributed by atoms with Crippen molar-refractivity contribution in [1.82, 2.24) is 34.8 Å². The first-order valence-electron chi connectivity index (χ1n) is 9.05. The molecule has 9 nitrogen and oxygen atoms in total. The minimum atomic E-state index is -4.60. The summed E-state index contributed by atoms with van der Waals surface area (Å²) in [7, 11) is 3.96. The van der Waals surface area contributed by atoms with Crippen molar-refractivity contribution in [3.05, 3.63) is 29.5 Å². The molecule has 14 heteroatoms. The van der Waals surface area contributed by atoms with E-state index in [1.165, 1.54) is 0 Å². The van der Waals surface area contributed by atoms with Crippen LogP contribution in [0.25, 0.3) is 11.4 Å². The number of halogens is 3. The normalized spacial score (nSPS) is 11.8. The zero-order valence-corrected chi connectivity index (χ0v) is 18.3. The fourth-order valence-electron chi connectivity index (χ4n) is 2.53. The average molecular weight is 473 g/mol. The first-order valence-corrected chi connectivity index (χ1v) is 10.9. The quantitative estimate of drug-likeness (QED) is 0.475. The van der Waals surface area contributed by atoms with E-state index in [0.29, 0.717) is 17.5 Å². The Morgan fingerprint density at radius 1 is 1.19 bits per heavy atom. The third-order valence-corrected chi connectivity index (χ3v) is 5.74. The fourth-order valence-corrected chi connectivity index (χ4v) is 3.92. The van der Waals surface area contributed by atoms with Gasteiger partial charge in [0.2, 0.25) is 16.0 Å². The van der Waals surface area contributed by atoms with Crippen molar-refractivity contribution in [3.63, 3.8) is 0 Å². The van der Waals surface area contributed by atoms with E-state index in [0.717, 1.165) is 30.3 Å². The summed E-state index contributed by atoms with van der Waals surface area (Å²) in [6, 6.07) is 3.64. The Kier molecular flexibility index (Phi) is 7.56. The Morgan fingerprint density at radius 2 is 1.94 bits per heavy atom. The van der Waals surface area contributed by atoms with Crippen molar-refractivity contribution in [2.45, 2.75) is 24.3 Å². The maximum atomic E-state index is 12.6. The molecule has 3 aromatic heterocycles. The van der Waals surface area contributed by atoms with Gasteiger partial charge < -0.3 is 9.47 Å². The maximum absolute atomic E-state index is 12.6. The fraction of sp³-hybridized carbons (Fsp3) is 0.412. The molecule has 1 N–H and O–H groups in total. The Morgan fingerprint density at radius 3 is 2.58 bits per heavy atom. The average Bonchev–Trinajstić information content (AvgIpc) is 3.34. The molecule has 0 unspecified atom stereocenters. The standard InChI is InChI=1S/C17H19F3N8OS2/c1-27(2)8-3-9-28-13(11-4-6-21-7-5-11)23-26-16(28)30-10-12(29)22-15-25-24-14(31-15)17(18,19)20/h4-7H,3,8-10H2,1-2H3,(H,22,25,29). The van der Waals surface area contributed by atoms with Crippen molar-refractivity contribution in [2.24, 2.45) is 0 Å². The molecule has 0 atom stereocenters. The largest absolute Gasteiger partial charge is 0.445 e. The van der Waals surface area contributed by atoms with E-state index in [4.69, 9.17) is 0 Å². The van der Waals surface area contributed by atoms with Crippen LogP contribution in [0.4, 0.5) is 18.3 Å². The van der Waals surface area contributed by atoms with Gasteiger partial charge in [0.25, 0.3) is 0 Å². The molecule has 0 aliphatic carbocycles. The van der Waals surface area contributed by atoms with Gasteiger partial charge in [-0.25, -0.2) is 0 Å². The number of carbonyl (C=O) groups excluding carboxylic acids is 1. The van der Waals surface area contributed by atoms with Gasteiger partial charge in [-0.3, -0.25) is 15.1 Å². The van der Waals surface area contributed by atoms with Crippen molar-refractivity contribution in [3.8, 4) is 11.4 Å². The second-order valence-electron chi connectivity index (χ2n) is 6.60. The van der Waals surface area contributed by atoms with Gasteiger partial charge >= 0.3 is 6.18 Å². The van der Waals surface area contributed by atoms with Crippen molar-refractivity contribution >= 4 is 34.1 Å². The Hall–Kier alpha value is -2.58. The van der Waals surface area contributed by atoms with Gasteiger partial charge in [-0.05, 0) is 39.2 Å². The van der Waals surface area contributed by atoms with E-state index in [-0.39, 0.29) is 22.2 Å². The van der Waals surface area contributed by atoms with Gasteiger partial charge in [0, 0.05) is 24.5 Å². The molecule has 0 saturated carbocycles. The highest BCUT2D eigenvalue weighted by Crippen LogP contribution is 2.33. The number of hydrogen-bond acceptors (Lipinski definition) is 9. The number of amides is 1. The number of alkyl halides is 3. The lowest BCUT2D eigenvalue weighted by atomic mass is 10.2. The maximum Gasteiger partial charge on any atom is 0.445 e. The molecule has 3 aromatic rings. The predicted octanol–water partition coefficient (Wildman–Crippen LogP) is 2.89. The molecular formula is C17H19F3N8OS2. The lowest BCUT2D eigenvalue weighted by Crippen LogP contribution is -2.16. The first kappa shape index (κ1) is 23.1. The van der Waals surface area contributed by atoms with Crippen molar-refractivity contribution < 1.29 is 18.0 Å². The van der Waals surface area contributed by atoms with Crippen LogP contribution in [0.15, 0.2) is 29.7 Å². The summed E-state index contributed by atoms with van der Waals surface area (Å²) in [4.78, 5) is 18.3. The molecular weight excluding hydrogens is 453 g/mol. The summed E-state index contributed by atoms with van der Waals surface area (Å²) in [6.45, 7) is 1.50. The Bertz CT molecular complexity index is 1010. The zero-order chi connectivity index (χ0) is 22.4. The van der Waals surface area contributed by atoms with E-state index >= 15 is 0 Å². The van der Waals surface area contributed by atoms with Gasteiger partial charge in [0.15, 0.2) is 11.0 Å². The summed E-state index contributed by atoms with van der Waals surface area (Å²) >= 11 is 1.42. The number of aromatic nitrogens is 6. The van der Waals surface area contributed by atoms with Crippen LogP contribution in [0.1, 0.15) is 11.4 Å². The Balaban J connectivity index is 1.68. The van der Waals surface area contributed by atoms with E-state index in [2.05, 4.69) is 35.6 Å². The first-order chi connectivity index (χ1) is 14.7. The van der Waals surface area contributed by atoms with Gasteiger partial charge in [0.05, 0.1) is 5.75 Å². The number of hydrogen-bond donors (Lipinski definition) is 1. The molecule has 3 rings (SSSR count). The molecule has 31 heavy (non-hydrogen) atoms. The van der Waals surface area contributed by atoms with Crippen molar-refractivity contribution in [2.75, 3.05) is 31.7 Å². The number of nitrogens with one attached hydrogen (secondary N) is 1. The minimum absolute atomic E-state index is 0.0664. The highest BCUT2D eigenvalue weighted by atomic mass is 32.2. The van der Waals surface area contributed by atoms with Crippen LogP contribution in [0.3, 0.4) is 0 Å². The second kappa shape index (κ2) is 10.2. The summed E-state index contributed by atoms with van der Waals surface area (Å²) in [6.07, 6.45) is -0.437. The molecule has 0 aliphatic rings. The summed E-state index contributed by atoms with van der Waals surface area (Å²) in [5.74, 6) is 0.0782. The Labute approximate surface area is 184 Å². The minimum Gasteiger partial charge on any atom is -0.309 e. The number of carbonyl (C=O) groups is 1. The molecule has 0 bridgehead atoms. The molecule has 0 fully saturated rings. The summed E-state index contributed by atoms with van der Waals surface area (Å²) in [5, 5.41) is 16.4. The number of anilines is 1. The van der Waals surface area contributed by atoms with Crippen LogP contribution < -0.4 is 5.32 Å². The zero-order valence-electron chi connectivity index (χ0n) is 16.6. The molecule has 3 heterocycles. The van der Waals surface area contributed by atoms with Crippen molar-refractivity contribution in [1.29, 1.82) is 0 Å². The van der Waals surface area contributed by atoms with E-state index in [1.54, 1.807) is 12.4 Å². The molecule has 0 aliphatic heterocycles.